The number of nitrogens with zero attached hydrogens (tertiary/aromatic N) is 2. The Kier molecular flexibility index (Phi) is 7.57. The average Bonchev–Trinajstić information content (AvgIpc) is 2.75. The molecule has 1 aliphatic heterocycles. The van der Waals surface area contributed by atoms with Gasteiger partial charge >= 0.3 is 0 Å². The van der Waals surface area contributed by atoms with Gasteiger partial charge in [0.15, 0.2) is 0 Å². The van der Waals surface area contributed by atoms with Crippen molar-refractivity contribution in [2.24, 2.45) is 5.92 Å². The Bertz CT molecular complexity index is 839. The molecule has 160 valence electrons. The van der Waals surface area contributed by atoms with Gasteiger partial charge < -0.3 is 15.1 Å². The summed E-state index contributed by atoms with van der Waals surface area (Å²) in [6, 6.07) is 16.0. The highest BCUT2D eigenvalue weighted by Gasteiger charge is 2.29. The van der Waals surface area contributed by atoms with Gasteiger partial charge in [-0.2, -0.15) is 0 Å². The molecule has 5 nitrogen and oxygen atoms in total. The number of likely N-dealkylation sites (N-methyl/N-ethyl adjacent to an activating group) is 1. The number of hydrogen-bond acceptors (Lipinski definition) is 3. The predicted octanol–water partition coefficient (Wildman–Crippen LogP) is 3.03. The van der Waals surface area contributed by atoms with Gasteiger partial charge in [-0.25, -0.2) is 4.39 Å². The second-order valence-corrected chi connectivity index (χ2v) is 8.12. The van der Waals surface area contributed by atoms with Gasteiger partial charge in [-0.05, 0) is 50.2 Å². The highest BCUT2D eigenvalue weighted by atomic mass is 19.1. The van der Waals surface area contributed by atoms with Crippen molar-refractivity contribution < 1.29 is 14.0 Å². The zero-order chi connectivity index (χ0) is 21.5. The van der Waals surface area contributed by atoms with Gasteiger partial charge in [-0.1, -0.05) is 42.5 Å². The maximum absolute atomic E-state index is 13.2. The van der Waals surface area contributed by atoms with Crippen molar-refractivity contribution >= 4 is 11.8 Å². The summed E-state index contributed by atoms with van der Waals surface area (Å²) in [4.78, 5) is 29.3. The first-order valence-corrected chi connectivity index (χ1v) is 10.5. The normalized spacial score (nSPS) is 17.6. The Labute approximate surface area is 177 Å². The Morgan fingerprint density at radius 1 is 1.13 bits per heavy atom. The van der Waals surface area contributed by atoms with Gasteiger partial charge in [0.25, 0.3) is 0 Å². The quantitative estimate of drug-likeness (QED) is 0.762. The van der Waals surface area contributed by atoms with Crippen LogP contribution in [0.2, 0.25) is 0 Å². The highest BCUT2D eigenvalue weighted by Crippen LogP contribution is 2.20. The molecule has 1 N–H and O–H groups in total. The van der Waals surface area contributed by atoms with Crippen molar-refractivity contribution in [2.45, 2.75) is 25.3 Å². The lowest BCUT2D eigenvalue weighted by atomic mass is 9.96. The number of likely N-dealkylation sites (tertiary alicyclic amines) is 1. The molecule has 2 atom stereocenters. The molecule has 30 heavy (non-hydrogen) atoms. The van der Waals surface area contributed by atoms with Crippen molar-refractivity contribution in [3.63, 3.8) is 0 Å². The van der Waals surface area contributed by atoms with Crippen LogP contribution in [0.1, 0.15) is 30.0 Å². The lowest BCUT2D eigenvalue weighted by Crippen LogP contribution is -2.47. The van der Waals surface area contributed by atoms with E-state index in [0.29, 0.717) is 26.1 Å². The van der Waals surface area contributed by atoms with E-state index in [1.165, 1.54) is 12.1 Å². The van der Waals surface area contributed by atoms with Crippen LogP contribution >= 0.6 is 0 Å². The number of rotatable bonds is 7. The molecular weight excluding hydrogens is 381 g/mol. The Hall–Kier alpha value is -2.73. The Morgan fingerprint density at radius 3 is 2.50 bits per heavy atom. The van der Waals surface area contributed by atoms with E-state index in [1.807, 2.05) is 54.2 Å². The number of piperidine rings is 1. The fourth-order valence-electron chi connectivity index (χ4n) is 3.93. The fraction of sp³-hybridized carbons (Fsp3) is 0.417. The third-order valence-electron chi connectivity index (χ3n) is 5.69. The van der Waals surface area contributed by atoms with E-state index in [4.69, 9.17) is 0 Å². The third-order valence-corrected chi connectivity index (χ3v) is 5.69. The Balaban J connectivity index is 1.55. The first-order valence-electron chi connectivity index (χ1n) is 10.5. The molecule has 0 aromatic heterocycles. The van der Waals surface area contributed by atoms with Gasteiger partial charge in [0, 0.05) is 19.6 Å². The van der Waals surface area contributed by atoms with Gasteiger partial charge in [0.2, 0.25) is 11.8 Å². The number of carbonyl (C=O) groups excluding carboxylic acids is 2. The zero-order valence-electron chi connectivity index (χ0n) is 17.7. The molecule has 0 radical (unpaired) electrons. The van der Waals surface area contributed by atoms with E-state index in [1.54, 1.807) is 12.1 Å². The van der Waals surface area contributed by atoms with E-state index >= 15 is 0 Å². The summed E-state index contributed by atoms with van der Waals surface area (Å²) in [6.07, 6.45) is 1.97. The summed E-state index contributed by atoms with van der Waals surface area (Å²) in [5.41, 5.74) is 1.94. The molecule has 3 rings (SSSR count). The van der Waals surface area contributed by atoms with E-state index in [2.05, 4.69) is 5.32 Å². The predicted molar refractivity (Wildman–Crippen MR) is 115 cm³/mol. The van der Waals surface area contributed by atoms with Crippen LogP contribution in [0, 0.1) is 11.7 Å². The number of halogens is 1. The Morgan fingerprint density at radius 2 is 1.83 bits per heavy atom. The van der Waals surface area contributed by atoms with Crippen LogP contribution in [0.3, 0.4) is 0 Å². The number of carbonyl (C=O) groups is 2. The van der Waals surface area contributed by atoms with E-state index in [0.717, 1.165) is 24.0 Å². The lowest BCUT2D eigenvalue weighted by molar-refractivity contribution is -0.135. The number of hydrogen-bond donors (Lipinski definition) is 1. The molecule has 0 spiro atoms. The van der Waals surface area contributed by atoms with Gasteiger partial charge in [0.05, 0.1) is 18.4 Å². The molecule has 2 unspecified atom stereocenters. The fourth-order valence-corrected chi connectivity index (χ4v) is 3.93. The topological polar surface area (TPSA) is 52.7 Å². The summed E-state index contributed by atoms with van der Waals surface area (Å²) >= 11 is 0. The lowest BCUT2D eigenvalue weighted by Gasteiger charge is -2.33. The maximum atomic E-state index is 13.2. The largest absolute Gasteiger partial charge is 0.354 e. The molecule has 6 heteroatoms. The third kappa shape index (κ3) is 5.89. The van der Waals surface area contributed by atoms with Gasteiger partial charge in [0.1, 0.15) is 5.82 Å². The smallest absolute Gasteiger partial charge is 0.227 e. The van der Waals surface area contributed by atoms with E-state index < -0.39 is 0 Å². The van der Waals surface area contributed by atoms with Gasteiger partial charge in [-0.15, -0.1) is 0 Å². The van der Waals surface area contributed by atoms with Crippen LogP contribution in [0.25, 0.3) is 0 Å². The van der Waals surface area contributed by atoms with Crippen LogP contribution < -0.4 is 5.32 Å². The minimum absolute atomic E-state index is 0.0267. The summed E-state index contributed by atoms with van der Waals surface area (Å²) < 4.78 is 13.2. The molecular formula is C24H30FN3O2. The molecule has 2 aromatic rings. The van der Waals surface area contributed by atoms with Crippen molar-refractivity contribution in [1.29, 1.82) is 0 Å². The first kappa shape index (κ1) is 22.0. The molecule has 1 fully saturated rings. The van der Waals surface area contributed by atoms with Crippen LogP contribution in [-0.2, 0) is 16.0 Å². The van der Waals surface area contributed by atoms with E-state index in [9.17, 15) is 14.0 Å². The number of benzene rings is 2. The summed E-state index contributed by atoms with van der Waals surface area (Å²) in [5.74, 6) is -0.436. The SMILES string of the molecule is CN(C)C(CNC(=O)C1CCCN(C(=O)Cc2ccccc2)C1)c1ccc(F)cc1. The first-order chi connectivity index (χ1) is 14.4. The van der Waals surface area contributed by atoms with Gasteiger partial charge in [-0.3, -0.25) is 9.59 Å². The number of nitrogens with one attached hydrogen (secondary N) is 1. The molecule has 2 aromatic carbocycles. The molecule has 1 heterocycles. The van der Waals surface area contributed by atoms with Crippen LogP contribution in [0.5, 0.6) is 0 Å². The summed E-state index contributed by atoms with van der Waals surface area (Å²) in [5, 5.41) is 3.04. The van der Waals surface area contributed by atoms with Crippen molar-refractivity contribution in [3.8, 4) is 0 Å². The summed E-state index contributed by atoms with van der Waals surface area (Å²) in [6.45, 7) is 1.60. The van der Waals surface area contributed by atoms with Crippen molar-refractivity contribution in [1.82, 2.24) is 15.1 Å². The summed E-state index contributed by atoms with van der Waals surface area (Å²) in [7, 11) is 3.87. The maximum Gasteiger partial charge on any atom is 0.227 e. The van der Waals surface area contributed by atoms with Crippen molar-refractivity contribution in [2.75, 3.05) is 33.7 Å². The molecule has 1 saturated heterocycles. The average molecular weight is 412 g/mol. The standard InChI is InChI=1S/C24H30FN3O2/c1-27(2)22(19-10-12-21(25)13-11-19)16-26-24(30)20-9-6-14-28(17-20)23(29)15-18-7-4-3-5-8-18/h3-5,7-8,10-13,20,22H,6,9,14-17H2,1-2H3,(H,26,30). The van der Waals surface area contributed by atoms with Crippen LogP contribution in [0.4, 0.5) is 4.39 Å². The molecule has 2 amide bonds. The molecule has 0 bridgehead atoms. The second kappa shape index (κ2) is 10.3. The minimum Gasteiger partial charge on any atom is -0.354 e. The van der Waals surface area contributed by atoms with E-state index in [-0.39, 0.29) is 29.6 Å². The molecule has 1 aliphatic rings. The monoisotopic (exact) mass is 411 g/mol. The minimum atomic E-state index is -0.275. The highest BCUT2D eigenvalue weighted by molar-refractivity contribution is 5.82. The second-order valence-electron chi connectivity index (χ2n) is 8.12. The molecule has 0 saturated carbocycles. The zero-order valence-corrected chi connectivity index (χ0v) is 17.7. The van der Waals surface area contributed by atoms with Crippen LogP contribution in [-0.4, -0.2) is 55.3 Å². The molecule has 0 aliphatic carbocycles. The number of amides is 2. The van der Waals surface area contributed by atoms with Crippen molar-refractivity contribution in [3.05, 3.63) is 71.5 Å². The van der Waals surface area contributed by atoms with Crippen LogP contribution in [0.15, 0.2) is 54.6 Å².